The van der Waals surface area contributed by atoms with Gasteiger partial charge in [0.05, 0.1) is 35.6 Å². The van der Waals surface area contributed by atoms with Crippen LogP contribution in [0.3, 0.4) is 0 Å². The van der Waals surface area contributed by atoms with Crippen LogP contribution in [0.5, 0.6) is 0 Å². The first-order chi connectivity index (χ1) is 18.2. The van der Waals surface area contributed by atoms with Crippen LogP contribution in [0.1, 0.15) is 48.4 Å². The van der Waals surface area contributed by atoms with E-state index in [4.69, 9.17) is 9.84 Å². The standard InChI is InChI=1S/C29H33FN4O3S/c1-19-9-5-8-12-22(19)34-28-25(27(31-34)29(2,3)4)26(20-10-6-7-11-21(20)30)38-18-24(36)33(28)17-23(35)32-13-15-37-16-14-32/h5-12,26H,13-18H2,1-4H3/t26-/m0/s1. The molecule has 200 valence electrons. The molecule has 0 unspecified atom stereocenters. The summed E-state index contributed by atoms with van der Waals surface area (Å²) in [5, 5.41) is 4.62. The summed E-state index contributed by atoms with van der Waals surface area (Å²) in [5.41, 5.74) is 3.43. The van der Waals surface area contributed by atoms with E-state index in [0.717, 1.165) is 22.5 Å². The van der Waals surface area contributed by atoms with Gasteiger partial charge in [0, 0.05) is 29.6 Å². The molecule has 0 saturated carbocycles. The van der Waals surface area contributed by atoms with E-state index in [1.165, 1.54) is 17.8 Å². The minimum absolute atomic E-state index is 0.113. The Morgan fingerprint density at radius 1 is 1.11 bits per heavy atom. The number of halogens is 1. The molecule has 1 atom stereocenters. The number of carbonyl (C=O) groups is 2. The summed E-state index contributed by atoms with van der Waals surface area (Å²) in [6, 6.07) is 14.5. The van der Waals surface area contributed by atoms with Crippen molar-refractivity contribution in [1.29, 1.82) is 0 Å². The number of aromatic nitrogens is 2. The van der Waals surface area contributed by atoms with Crippen LogP contribution in [0.4, 0.5) is 10.2 Å². The van der Waals surface area contributed by atoms with Crippen molar-refractivity contribution in [2.75, 3.05) is 43.5 Å². The van der Waals surface area contributed by atoms with Gasteiger partial charge in [-0.2, -0.15) is 5.10 Å². The highest BCUT2D eigenvalue weighted by atomic mass is 32.2. The summed E-state index contributed by atoms with van der Waals surface area (Å²) >= 11 is 1.38. The Morgan fingerprint density at radius 3 is 2.47 bits per heavy atom. The number of carbonyl (C=O) groups excluding carboxylic acids is 2. The Kier molecular flexibility index (Phi) is 7.33. The minimum Gasteiger partial charge on any atom is -0.378 e. The van der Waals surface area contributed by atoms with Crippen molar-refractivity contribution in [2.24, 2.45) is 0 Å². The summed E-state index contributed by atoms with van der Waals surface area (Å²) < 4.78 is 22.5. The molecule has 1 fully saturated rings. The van der Waals surface area contributed by atoms with Gasteiger partial charge in [-0.1, -0.05) is 57.2 Å². The van der Waals surface area contributed by atoms with Gasteiger partial charge in [-0.3, -0.25) is 14.5 Å². The number of rotatable bonds is 4. The van der Waals surface area contributed by atoms with E-state index < -0.39 is 10.7 Å². The van der Waals surface area contributed by atoms with Gasteiger partial charge < -0.3 is 9.64 Å². The van der Waals surface area contributed by atoms with Gasteiger partial charge in [0.15, 0.2) is 0 Å². The molecule has 1 aromatic heterocycles. The van der Waals surface area contributed by atoms with Crippen molar-refractivity contribution in [3.05, 3.63) is 76.7 Å². The first kappa shape index (κ1) is 26.4. The normalized spacial score (nSPS) is 18.3. The Bertz CT molecular complexity index is 1360. The molecule has 0 aliphatic carbocycles. The number of anilines is 1. The van der Waals surface area contributed by atoms with Crippen LogP contribution in [-0.2, 0) is 19.7 Å². The van der Waals surface area contributed by atoms with Gasteiger partial charge in [0.1, 0.15) is 18.2 Å². The number of amides is 2. The maximum Gasteiger partial charge on any atom is 0.242 e. The molecule has 1 saturated heterocycles. The molecule has 38 heavy (non-hydrogen) atoms. The number of para-hydroxylation sites is 1. The van der Waals surface area contributed by atoms with Crippen molar-refractivity contribution in [3.63, 3.8) is 0 Å². The monoisotopic (exact) mass is 536 g/mol. The van der Waals surface area contributed by atoms with Crippen LogP contribution in [0.25, 0.3) is 5.69 Å². The zero-order valence-electron chi connectivity index (χ0n) is 22.2. The lowest BCUT2D eigenvalue weighted by atomic mass is 9.87. The smallest absolute Gasteiger partial charge is 0.242 e. The summed E-state index contributed by atoms with van der Waals surface area (Å²) in [6.45, 7) is 10.0. The first-order valence-corrected chi connectivity index (χ1v) is 13.9. The maximum absolute atomic E-state index is 15.3. The average molecular weight is 537 g/mol. The predicted octanol–water partition coefficient (Wildman–Crippen LogP) is 4.65. The molecule has 2 amide bonds. The predicted molar refractivity (Wildman–Crippen MR) is 147 cm³/mol. The summed E-state index contributed by atoms with van der Waals surface area (Å²) in [7, 11) is 0. The number of fused-ring (bicyclic) bond motifs is 1. The second-order valence-corrected chi connectivity index (χ2v) is 11.8. The largest absolute Gasteiger partial charge is 0.378 e. The van der Waals surface area contributed by atoms with Gasteiger partial charge in [-0.05, 0) is 24.6 Å². The van der Waals surface area contributed by atoms with Crippen molar-refractivity contribution in [1.82, 2.24) is 14.7 Å². The van der Waals surface area contributed by atoms with Crippen LogP contribution in [-0.4, -0.2) is 65.1 Å². The molecule has 0 radical (unpaired) electrons. The van der Waals surface area contributed by atoms with Crippen molar-refractivity contribution < 1.29 is 18.7 Å². The van der Waals surface area contributed by atoms with Crippen LogP contribution in [0, 0.1) is 12.7 Å². The van der Waals surface area contributed by atoms with Crippen molar-refractivity contribution in [2.45, 2.75) is 38.4 Å². The Balaban J connectivity index is 1.75. The van der Waals surface area contributed by atoms with E-state index >= 15 is 4.39 Å². The molecule has 0 spiro atoms. The third-order valence-corrected chi connectivity index (χ3v) is 8.22. The third-order valence-electron chi connectivity index (χ3n) is 6.99. The Morgan fingerprint density at radius 2 is 1.79 bits per heavy atom. The first-order valence-electron chi connectivity index (χ1n) is 12.9. The lowest BCUT2D eigenvalue weighted by Gasteiger charge is -2.30. The van der Waals surface area contributed by atoms with Crippen LogP contribution >= 0.6 is 11.8 Å². The molecule has 2 aliphatic rings. The highest BCUT2D eigenvalue weighted by Crippen LogP contribution is 2.49. The van der Waals surface area contributed by atoms with Crippen LogP contribution in [0.2, 0.25) is 0 Å². The van der Waals surface area contributed by atoms with Crippen LogP contribution in [0.15, 0.2) is 48.5 Å². The Labute approximate surface area is 226 Å². The number of aryl methyl sites for hydroxylation is 1. The molecule has 3 heterocycles. The molecule has 9 heteroatoms. The third kappa shape index (κ3) is 4.97. The zero-order valence-corrected chi connectivity index (χ0v) is 23.1. The van der Waals surface area contributed by atoms with Crippen molar-refractivity contribution in [3.8, 4) is 5.69 Å². The molecule has 3 aromatic rings. The zero-order chi connectivity index (χ0) is 27.0. The molecule has 0 N–H and O–H groups in total. The second kappa shape index (κ2) is 10.5. The van der Waals surface area contributed by atoms with E-state index in [2.05, 4.69) is 20.8 Å². The SMILES string of the molecule is Cc1ccccc1-n1nc(C(C)(C)C)c2c1N(CC(=O)N1CCOCC1)C(=O)CS[C@H]2c1ccccc1F. The maximum atomic E-state index is 15.3. The van der Waals surface area contributed by atoms with E-state index in [-0.39, 0.29) is 29.9 Å². The lowest BCUT2D eigenvalue weighted by molar-refractivity contribution is -0.134. The topological polar surface area (TPSA) is 67.7 Å². The number of hydrogen-bond donors (Lipinski definition) is 0. The summed E-state index contributed by atoms with van der Waals surface area (Å²) in [6.07, 6.45) is 0. The number of hydrogen-bond acceptors (Lipinski definition) is 5. The fraction of sp³-hybridized carbons (Fsp3) is 0.414. The Hall–Kier alpha value is -3.17. The van der Waals surface area contributed by atoms with Gasteiger partial charge in [-0.25, -0.2) is 9.07 Å². The number of ether oxygens (including phenoxy) is 1. The van der Waals surface area contributed by atoms with Gasteiger partial charge in [-0.15, -0.1) is 11.8 Å². The second-order valence-electron chi connectivity index (χ2n) is 10.7. The molecular formula is C29H33FN4O3S. The molecule has 2 aliphatic heterocycles. The van der Waals surface area contributed by atoms with Crippen LogP contribution < -0.4 is 4.90 Å². The molecule has 2 aromatic carbocycles. The molecule has 0 bridgehead atoms. The lowest BCUT2D eigenvalue weighted by Crippen LogP contribution is -2.48. The summed E-state index contributed by atoms with van der Waals surface area (Å²) in [5.74, 6) is -0.0240. The summed E-state index contributed by atoms with van der Waals surface area (Å²) in [4.78, 5) is 30.5. The minimum atomic E-state index is -0.467. The molecule has 5 rings (SSSR count). The van der Waals surface area contributed by atoms with E-state index in [0.29, 0.717) is 37.7 Å². The number of thioether (sulfide) groups is 1. The fourth-order valence-corrected chi connectivity index (χ4v) is 6.24. The van der Waals surface area contributed by atoms with E-state index in [1.807, 2.05) is 37.3 Å². The molecule has 7 nitrogen and oxygen atoms in total. The van der Waals surface area contributed by atoms with Gasteiger partial charge >= 0.3 is 0 Å². The number of benzene rings is 2. The van der Waals surface area contributed by atoms with E-state index in [1.54, 1.807) is 26.6 Å². The number of nitrogens with zero attached hydrogens (tertiary/aromatic N) is 4. The quantitative estimate of drug-likeness (QED) is 0.486. The highest BCUT2D eigenvalue weighted by molar-refractivity contribution is 8.00. The average Bonchev–Trinajstić information content (AvgIpc) is 3.23. The van der Waals surface area contributed by atoms with Gasteiger partial charge in [0.25, 0.3) is 0 Å². The number of morpholine rings is 1. The molecular weight excluding hydrogens is 503 g/mol. The fourth-order valence-electron chi connectivity index (χ4n) is 5.02. The highest BCUT2D eigenvalue weighted by Gasteiger charge is 2.41. The van der Waals surface area contributed by atoms with Crippen molar-refractivity contribution >= 4 is 29.4 Å². The van der Waals surface area contributed by atoms with Gasteiger partial charge in [0.2, 0.25) is 11.8 Å². The van der Waals surface area contributed by atoms with E-state index in [9.17, 15) is 9.59 Å².